The topological polar surface area (TPSA) is 42.4 Å². The maximum atomic E-state index is 8.96. The third-order valence-electron chi connectivity index (χ3n) is 1.21. The maximum Gasteiger partial charge on any atom is 0.215 e. The van der Waals surface area contributed by atoms with Crippen LogP contribution in [-0.4, -0.2) is 22.8 Å². The van der Waals surface area contributed by atoms with Crippen LogP contribution in [0.25, 0.3) is 0 Å². The zero-order chi connectivity index (χ0) is 9.84. The van der Waals surface area contributed by atoms with Gasteiger partial charge in [0.05, 0.1) is 6.10 Å². The molecule has 0 unspecified atom stereocenters. The fourth-order valence-electron chi connectivity index (χ4n) is 0.723. The third kappa shape index (κ3) is 4.10. The smallest absolute Gasteiger partial charge is 0.215 e. The quantitative estimate of drug-likeness (QED) is 0.686. The zero-order valence-electron chi connectivity index (χ0n) is 7.00. The summed E-state index contributed by atoms with van der Waals surface area (Å²) in [6.45, 7) is 1.87. The average Bonchev–Trinajstić information content (AvgIpc) is 1.99. The second-order valence-electron chi connectivity index (χ2n) is 2.61. The minimum Gasteiger partial charge on any atom is -0.475 e. The van der Waals surface area contributed by atoms with Gasteiger partial charge in [-0.05, 0) is 35.6 Å². The van der Waals surface area contributed by atoms with E-state index in [0.717, 1.165) is 3.57 Å². The Hall–Kier alpha value is -0.0700. The van der Waals surface area contributed by atoms with Gasteiger partial charge in [-0.2, -0.15) is 0 Å². The minimum atomic E-state index is -0.501. The van der Waals surface area contributed by atoms with Crippen LogP contribution >= 0.6 is 34.2 Å². The van der Waals surface area contributed by atoms with Gasteiger partial charge in [0.25, 0.3) is 0 Å². The molecule has 13 heavy (non-hydrogen) atoms. The van der Waals surface area contributed by atoms with E-state index < -0.39 is 6.10 Å². The molecule has 3 nitrogen and oxygen atoms in total. The highest BCUT2D eigenvalue weighted by atomic mass is 127. The van der Waals surface area contributed by atoms with Crippen molar-refractivity contribution in [2.24, 2.45) is 0 Å². The summed E-state index contributed by atoms with van der Waals surface area (Å²) in [5.74, 6) is 0.442. The lowest BCUT2D eigenvalue weighted by molar-refractivity contribution is 0.120. The van der Waals surface area contributed by atoms with Gasteiger partial charge in [0, 0.05) is 9.64 Å². The Balaban J connectivity index is 2.66. The standard InChI is InChI=1S/C8H9ClINO2/c1-5(12)4-13-8-3-6(10)2-7(9)11-8/h2-3,5,12H,4H2,1H3/t5-/m1/s1. The Labute approximate surface area is 95.2 Å². The molecule has 0 aliphatic heterocycles. The van der Waals surface area contributed by atoms with Gasteiger partial charge in [-0.25, -0.2) is 4.98 Å². The Bertz CT molecular complexity index is 273. The van der Waals surface area contributed by atoms with Gasteiger partial charge in [0.1, 0.15) is 11.8 Å². The summed E-state index contributed by atoms with van der Waals surface area (Å²) in [5.41, 5.74) is 0. The van der Waals surface area contributed by atoms with Crippen LogP contribution in [0.1, 0.15) is 6.92 Å². The first-order valence-electron chi connectivity index (χ1n) is 3.72. The van der Waals surface area contributed by atoms with E-state index >= 15 is 0 Å². The van der Waals surface area contributed by atoms with Gasteiger partial charge in [-0.15, -0.1) is 0 Å². The van der Waals surface area contributed by atoms with Crippen molar-refractivity contribution in [2.45, 2.75) is 13.0 Å². The third-order valence-corrected chi connectivity index (χ3v) is 2.02. The largest absolute Gasteiger partial charge is 0.475 e. The number of aliphatic hydroxyl groups excluding tert-OH is 1. The highest BCUT2D eigenvalue weighted by Gasteiger charge is 2.02. The molecule has 0 aliphatic carbocycles. The monoisotopic (exact) mass is 313 g/mol. The van der Waals surface area contributed by atoms with Crippen LogP contribution in [-0.2, 0) is 0 Å². The molecule has 1 N–H and O–H groups in total. The number of hydrogen-bond donors (Lipinski definition) is 1. The van der Waals surface area contributed by atoms with Crippen molar-refractivity contribution < 1.29 is 9.84 Å². The highest BCUT2D eigenvalue weighted by molar-refractivity contribution is 14.1. The molecule has 5 heteroatoms. The first kappa shape index (κ1) is 11.0. The molecular formula is C8H9ClINO2. The van der Waals surface area contributed by atoms with Crippen LogP contribution in [0.3, 0.4) is 0 Å². The summed E-state index contributed by atoms with van der Waals surface area (Å²) < 4.78 is 6.14. The van der Waals surface area contributed by atoms with Crippen LogP contribution < -0.4 is 4.74 Å². The molecular weight excluding hydrogens is 304 g/mol. The Morgan fingerprint density at radius 3 is 2.92 bits per heavy atom. The number of hydrogen-bond acceptors (Lipinski definition) is 3. The molecule has 0 fully saturated rings. The second kappa shape index (κ2) is 4.97. The van der Waals surface area contributed by atoms with E-state index in [0.29, 0.717) is 11.0 Å². The molecule has 0 radical (unpaired) electrons. The molecule has 0 saturated heterocycles. The summed E-state index contributed by atoms with van der Waals surface area (Å²) in [6, 6.07) is 3.49. The molecule has 0 bridgehead atoms. The van der Waals surface area contributed by atoms with Crippen LogP contribution in [0.2, 0.25) is 5.15 Å². The van der Waals surface area contributed by atoms with Gasteiger partial charge in [-0.3, -0.25) is 0 Å². The minimum absolute atomic E-state index is 0.226. The molecule has 0 aromatic carbocycles. The van der Waals surface area contributed by atoms with Crippen molar-refractivity contribution in [3.8, 4) is 5.88 Å². The van der Waals surface area contributed by atoms with Crippen LogP contribution in [0, 0.1) is 3.57 Å². The Kier molecular flexibility index (Phi) is 4.21. The Morgan fingerprint density at radius 2 is 2.38 bits per heavy atom. The van der Waals surface area contributed by atoms with E-state index in [-0.39, 0.29) is 6.61 Å². The molecule has 1 rings (SSSR count). The van der Waals surface area contributed by atoms with Crippen LogP contribution in [0.15, 0.2) is 12.1 Å². The van der Waals surface area contributed by atoms with Crippen molar-refractivity contribution >= 4 is 34.2 Å². The number of pyridine rings is 1. The van der Waals surface area contributed by atoms with Crippen molar-refractivity contribution in [1.29, 1.82) is 0 Å². The van der Waals surface area contributed by atoms with Crippen LogP contribution in [0.4, 0.5) is 0 Å². The lowest BCUT2D eigenvalue weighted by Crippen LogP contribution is -2.13. The van der Waals surface area contributed by atoms with Gasteiger partial charge >= 0.3 is 0 Å². The van der Waals surface area contributed by atoms with Crippen molar-refractivity contribution in [3.63, 3.8) is 0 Å². The van der Waals surface area contributed by atoms with Crippen LogP contribution in [0.5, 0.6) is 5.88 Å². The van der Waals surface area contributed by atoms with E-state index in [4.69, 9.17) is 21.4 Å². The highest BCUT2D eigenvalue weighted by Crippen LogP contribution is 2.17. The average molecular weight is 314 g/mol. The van der Waals surface area contributed by atoms with Crippen molar-refractivity contribution in [3.05, 3.63) is 20.9 Å². The molecule has 0 amide bonds. The molecule has 1 aromatic rings. The second-order valence-corrected chi connectivity index (χ2v) is 4.24. The summed E-state index contributed by atoms with van der Waals surface area (Å²) in [7, 11) is 0. The number of halogens is 2. The molecule has 72 valence electrons. The van der Waals surface area contributed by atoms with E-state index in [9.17, 15) is 0 Å². The number of ether oxygens (including phenoxy) is 1. The lowest BCUT2D eigenvalue weighted by Gasteiger charge is -2.07. The van der Waals surface area contributed by atoms with Gasteiger partial charge in [0.2, 0.25) is 5.88 Å². The molecule has 1 aromatic heterocycles. The van der Waals surface area contributed by atoms with E-state index in [1.165, 1.54) is 0 Å². The summed E-state index contributed by atoms with van der Waals surface area (Å²) in [6.07, 6.45) is -0.501. The SMILES string of the molecule is C[C@@H](O)COc1cc(I)cc(Cl)n1. The zero-order valence-corrected chi connectivity index (χ0v) is 9.91. The van der Waals surface area contributed by atoms with Crippen molar-refractivity contribution in [1.82, 2.24) is 4.98 Å². The van der Waals surface area contributed by atoms with E-state index in [1.54, 1.807) is 19.1 Å². The predicted octanol–water partition coefficient (Wildman–Crippen LogP) is 2.10. The number of rotatable bonds is 3. The first-order chi connectivity index (χ1) is 6.08. The fraction of sp³-hybridized carbons (Fsp3) is 0.375. The van der Waals surface area contributed by atoms with Gasteiger partial charge in [0.15, 0.2) is 0 Å². The molecule has 0 aliphatic rings. The lowest BCUT2D eigenvalue weighted by atomic mass is 10.4. The molecule has 1 atom stereocenters. The summed E-state index contributed by atoms with van der Waals surface area (Å²) >= 11 is 7.83. The molecule has 0 saturated carbocycles. The van der Waals surface area contributed by atoms with E-state index in [2.05, 4.69) is 27.6 Å². The summed E-state index contributed by atoms with van der Waals surface area (Å²) in [4.78, 5) is 3.93. The van der Waals surface area contributed by atoms with Gasteiger partial charge in [-0.1, -0.05) is 11.6 Å². The number of aromatic nitrogens is 1. The van der Waals surface area contributed by atoms with E-state index in [1.807, 2.05) is 0 Å². The van der Waals surface area contributed by atoms with Gasteiger partial charge < -0.3 is 9.84 Å². The molecule has 0 spiro atoms. The maximum absolute atomic E-state index is 8.96. The fourth-order valence-corrected chi connectivity index (χ4v) is 1.67. The Morgan fingerprint density at radius 1 is 1.69 bits per heavy atom. The number of aliphatic hydroxyl groups is 1. The predicted molar refractivity (Wildman–Crippen MR) is 59.1 cm³/mol. The first-order valence-corrected chi connectivity index (χ1v) is 5.17. The van der Waals surface area contributed by atoms with Crippen molar-refractivity contribution in [2.75, 3.05) is 6.61 Å². The molecule has 1 heterocycles. The summed E-state index contributed by atoms with van der Waals surface area (Å²) in [5, 5.41) is 9.36. The normalized spacial score (nSPS) is 12.6. The number of nitrogens with zero attached hydrogens (tertiary/aromatic N) is 1.